The fourth-order valence-electron chi connectivity index (χ4n) is 6.28. The van der Waals surface area contributed by atoms with E-state index in [1.807, 2.05) is 13.0 Å². The number of piperidine rings is 1. The lowest BCUT2D eigenvalue weighted by atomic mass is 9.90. The van der Waals surface area contributed by atoms with E-state index in [1.54, 1.807) is 24.7 Å². The molecule has 1 aromatic carbocycles. The molecule has 13 heteroatoms. The maximum absolute atomic E-state index is 15.3. The van der Waals surface area contributed by atoms with Crippen molar-refractivity contribution < 1.29 is 23.4 Å². The molecule has 4 aromatic rings. The number of imidazole rings is 1. The molecule has 3 unspecified atom stereocenters. The van der Waals surface area contributed by atoms with Crippen molar-refractivity contribution in [3.8, 4) is 11.3 Å². The number of nitrogens with one attached hydrogen (secondary N) is 2. The van der Waals surface area contributed by atoms with Gasteiger partial charge in [0.25, 0.3) is 0 Å². The number of carbonyl (C=O) groups excluding carboxylic acids is 1. The zero-order chi connectivity index (χ0) is 30.3. The van der Waals surface area contributed by atoms with Crippen LogP contribution in [0, 0.1) is 17.6 Å². The Kier molecular flexibility index (Phi) is 7.61. The molecule has 3 aromatic heterocycles. The SMILES string of the molecule is COC(=O)NC1C(C)CN(c2ccncc2Nc2ncc3ccc(-c4c(F)cc(C5(O)CCCC5)cc4F)nn23)CC1N. The van der Waals surface area contributed by atoms with Gasteiger partial charge in [0, 0.05) is 25.3 Å². The fourth-order valence-corrected chi connectivity index (χ4v) is 6.28. The van der Waals surface area contributed by atoms with Crippen LogP contribution in [-0.4, -0.2) is 63.1 Å². The summed E-state index contributed by atoms with van der Waals surface area (Å²) < 4.78 is 36.9. The lowest BCUT2D eigenvalue weighted by Gasteiger charge is -2.42. The molecule has 2 aliphatic rings. The Morgan fingerprint density at radius 1 is 1.14 bits per heavy atom. The number of ether oxygens (including phenoxy) is 1. The summed E-state index contributed by atoms with van der Waals surface area (Å²) in [4.78, 5) is 22.6. The van der Waals surface area contributed by atoms with Gasteiger partial charge in [-0.25, -0.2) is 18.6 Å². The minimum Gasteiger partial charge on any atom is -0.453 e. The number of nitrogens with two attached hydrogens (primary N) is 1. The van der Waals surface area contributed by atoms with Crippen molar-refractivity contribution in [1.29, 1.82) is 0 Å². The van der Waals surface area contributed by atoms with Crippen LogP contribution in [0.3, 0.4) is 0 Å². The Bertz CT molecular complexity index is 1620. The zero-order valence-electron chi connectivity index (χ0n) is 23.9. The number of fused-ring (bicyclic) bond motifs is 1. The molecule has 43 heavy (non-hydrogen) atoms. The molecule has 3 atom stereocenters. The summed E-state index contributed by atoms with van der Waals surface area (Å²) in [5.74, 6) is -1.24. The van der Waals surface area contributed by atoms with Gasteiger partial charge in [-0.15, -0.1) is 0 Å². The van der Waals surface area contributed by atoms with E-state index >= 15 is 8.78 Å². The molecule has 1 saturated heterocycles. The van der Waals surface area contributed by atoms with Crippen molar-refractivity contribution in [3.63, 3.8) is 0 Å². The number of rotatable bonds is 6. The maximum atomic E-state index is 15.3. The largest absolute Gasteiger partial charge is 0.453 e. The summed E-state index contributed by atoms with van der Waals surface area (Å²) in [6.07, 6.45) is 6.98. The maximum Gasteiger partial charge on any atom is 0.407 e. The predicted molar refractivity (Wildman–Crippen MR) is 157 cm³/mol. The van der Waals surface area contributed by atoms with Gasteiger partial charge >= 0.3 is 6.09 Å². The lowest BCUT2D eigenvalue weighted by molar-refractivity contribution is 0.0438. The van der Waals surface area contributed by atoms with Gasteiger partial charge in [-0.3, -0.25) is 4.98 Å². The minimum atomic E-state index is -1.21. The number of hydrogen-bond acceptors (Lipinski definition) is 9. The topological polar surface area (TPSA) is 143 Å². The van der Waals surface area contributed by atoms with Crippen molar-refractivity contribution in [2.45, 2.75) is 50.3 Å². The van der Waals surface area contributed by atoms with Gasteiger partial charge in [-0.2, -0.15) is 9.61 Å². The van der Waals surface area contributed by atoms with Crippen LogP contribution in [0.15, 0.2) is 48.9 Å². The molecular weight excluding hydrogens is 558 g/mol. The van der Waals surface area contributed by atoms with Crippen molar-refractivity contribution >= 4 is 28.9 Å². The fraction of sp³-hybridized carbons (Fsp3) is 0.400. The Labute approximate surface area is 247 Å². The summed E-state index contributed by atoms with van der Waals surface area (Å²) >= 11 is 0. The number of halogens is 2. The Morgan fingerprint density at radius 3 is 2.58 bits per heavy atom. The molecule has 4 heterocycles. The summed E-state index contributed by atoms with van der Waals surface area (Å²) in [7, 11) is 1.32. The molecule has 1 aliphatic carbocycles. The van der Waals surface area contributed by atoms with Crippen LogP contribution in [0.2, 0.25) is 0 Å². The van der Waals surface area contributed by atoms with Gasteiger partial charge in [0.05, 0.1) is 59.3 Å². The molecule has 226 valence electrons. The van der Waals surface area contributed by atoms with E-state index in [-0.39, 0.29) is 34.8 Å². The zero-order valence-corrected chi connectivity index (χ0v) is 23.9. The number of aliphatic hydroxyl groups is 1. The monoisotopic (exact) mass is 592 g/mol. The number of benzene rings is 1. The molecule has 0 spiro atoms. The molecule has 0 bridgehead atoms. The van der Waals surface area contributed by atoms with Crippen LogP contribution in [-0.2, 0) is 10.3 Å². The second-order valence-corrected chi connectivity index (χ2v) is 11.4. The molecule has 0 radical (unpaired) electrons. The smallest absolute Gasteiger partial charge is 0.407 e. The van der Waals surface area contributed by atoms with Gasteiger partial charge in [-0.05, 0) is 54.7 Å². The van der Waals surface area contributed by atoms with Crippen molar-refractivity contribution in [2.75, 3.05) is 30.4 Å². The third-order valence-electron chi connectivity index (χ3n) is 8.52. The number of anilines is 3. The average Bonchev–Trinajstić information content (AvgIpc) is 3.61. The summed E-state index contributed by atoms with van der Waals surface area (Å²) in [5, 5.41) is 21.5. The first kappa shape index (κ1) is 28.7. The van der Waals surface area contributed by atoms with Gasteiger partial charge in [0.15, 0.2) is 0 Å². The summed E-state index contributed by atoms with van der Waals surface area (Å²) in [6, 6.07) is 6.89. The van der Waals surface area contributed by atoms with E-state index in [4.69, 9.17) is 10.5 Å². The number of methoxy groups -OCH3 is 1. The standard InChI is InChI=1S/C30H34F2N8O3/c1-17-15-39(16-22(33)27(17)37-29(41)43-2)25-7-10-34-14-24(25)36-28-35-13-19-5-6-23(38-40(19)28)26-20(31)11-18(12-21(26)32)30(42)8-3-4-9-30/h5-7,10-14,17,22,27,42H,3-4,8-9,15-16,33H2,1-2H3,(H,35,36)(H,37,41). The van der Waals surface area contributed by atoms with Crippen molar-refractivity contribution in [3.05, 3.63) is 66.1 Å². The molecule has 1 aliphatic heterocycles. The Morgan fingerprint density at radius 2 is 1.88 bits per heavy atom. The normalized spacial score (nSPS) is 21.6. The van der Waals surface area contributed by atoms with E-state index in [0.717, 1.165) is 18.5 Å². The quantitative estimate of drug-likeness (QED) is 0.260. The first-order chi connectivity index (χ1) is 20.7. The van der Waals surface area contributed by atoms with E-state index in [0.29, 0.717) is 43.1 Å². The van der Waals surface area contributed by atoms with E-state index in [9.17, 15) is 9.90 Å². The van der Waals surface area contributed by atoms with Gasteiger partial charge in [0.2, 0.25) is 5.95 Å². The number of pyridine rings is 1. The van der Waals surface area contributed by atoms with Crippen molar-refractivity contribution in [1.82, 2.24) is 24.9 Å². The van der Waals surface area contributed by atoms with Gasteiger partial charge in [-0.1, -0.05) is 19.8 Å². The number of aromatic nitrogens is 4. The number of nitrogens with zero attached hydrogens (tertiary/aromatic N) is 5. The number of amides is 1. The van der Waals surface area contributed by atoms with Gasteiger partial charge in [0.1, 0.15) is 11.6 Å². The lowest BCUT2D eigenvalue weighted by Crippen LogP contribution is -2.62. The van der Waals surface area contributed by atoms with E-state index in [2.05, 4.69) is 30.6 Å². The number of alkyl carbamates (subject to hydrolysis) is 1. The highest BCUT2D eigenvalue weighted by atomic mass is 19.1. The van der Waals surface area contributed by atoms with Crippen LogP contribution >= 0.6 is 0 Å². The first-order valence-electron chi connectivity index (χ1n) is 14.3. The summed E-state index contributed by atoms with van der Waals surface area (Å²) in [5.41, 5.74) is 7.36. The second-order valence-electron chi connectivity index (χ2n) is 11.4. The van der Waals surface area contributed by atoms with Crippen LogP contribution in [0.1, 0.15) is 38.2 Å². The average molecular weight is 593 g/mol. The summed E-state index contributed by atoms with van der Waals surface area (Å²) in [6.45, 7) is 3.08. The predicted octanol–water partition coefficient (Wildman–Crippen LogP) is 4.08. The Hall–Kier alpha value is -4.36. The van der Waals surface area contributed by atoms with Crippen LogP contribution in [0.5, 0.6) is 0 Å². The second kappa shape index (κ2) is 11.4. The molecule has 11 nitrogen and oxygen atoms in total. The van der Waals surface area contributed by atoms with Crippen LogP contribution in [0.25, 0.3) is 16.8 Å². The Balaban J connectivity index is 1.28. The minimum absolute atomic E-state index is 0.0194. The van der Waals surface area contributed by atoms with Gasteiger partial charge < -0.3 is 31.1 Å². The number of hydrogen-bond donors (Lipinski definition) is 4. The third kappa shape index (κ3) is 5.45. The van der Waals surface area contributed by atoms with E-state index < -0.39 is 23.3 Å². The van der Waals surface area contributed by atoms with Crippen molar-refractivity contribution in [2.24, 2.45) is 11.7 Å². The highest BCUT2D eigenvalue weighted by Crippen LogP contribution is 2.40. The van der Waals surface area contributed by atoms with E-state index in [1.165, 1.54) is 29.8 Å². The third-order valence-corrected chi connectivity index (χ3v) is 8.52. The molecule has 1 saturated carbocycles. The molecule has 2 fully saturated rings. The van der Waals surface area contributed by atoms with Crippen LogP contribution in [0.4, 0.5) is 30.9 Å². The highest BCUT2D eigenvalue weighted by Gasteiger charge is 2.36. The molecule has 1 amide bonds. The molecule has 6 rings (SSSR count). The number of carbonyl (C=O) groups is 1. The molecule has 5 N–H and O–H groups in total. The van der Waals surface area contributed by atoms with Crippen LogP contribution < -0.4 is 21.3 Å². The molecular formula is C30H34F2N8O3. The first-order valence-corrected chi connectivity index (χ1v) is 14.3. The highest BCUT2D eigenvalue weighted by molar-refractivity contribution is 5.74.